The normalized spacial score (nSPS) is 18.2. The van der Waals surface area contributed by atoms with Crippen LogP contribution >= 0.6 is 0 Å². The van der Waals surface area contributed by atoms with Gasteiger partial charge in [-0.05, 0) is 43.9 Å². The monoisotopic (exact) mass is 426 g/mol. The molecule has 0 bridgehead atoms. The highest BCUT2D eigenvalue weighted by Crippen LogP contribution is 2.30. The third-order valence-electron chi connectivity index (χ3n) is 6.42. The fourth-order valence-electron chi connectivity index (χ4n) is 4.72. The number of carbonyl (C=O) groups excluding carboxylic acids is 2. The van der Waals surface area contributed by atoms with E-state index in [0.717, 1.165) is 55.6 Å². The highest BCUT2D eigenvalue weighted by atomic mass is 16.5. The number of unbranched alkanes of at least 4 members (excludes halogenated alkanes) is 1. The number of carbonyl (C=O) groups is 2. The molecule has 0 atom stereocenters. The van der Waals surface area contributed by atoms with Crippen LogP contribution in [0.15, 0.2) is 23.2 Å². The van der Waals surface area contributed by atoms with Crippen LogP contribution in [0.2, 0.25) is 0 Å². The third kappa shape index (κ3) is 5.38. The van der Waals surface area contributed by atoms with E-state index in [-0.39, 0.29) is 11.8 Å². The summed E-state index contributed by atoms with van der Waals surface area (Å²) < 4.78 is 5.94. The van der Waals surface area contributed by atoms with Crippen molar-refractivity contribution in [2.24, 2.45) is 4.99 Å². The molecule has 1 aromatic rings. The van der Waals surface area contributed by atoms with Gasteiger partial charge >= 0.3 is 0 Å². The molecule has 1 aliphatic carbocycles. The van der Waals surface area contributed by atoms with Crippen molar-refractivity contribution in [2.45, 2.75) is 77.3 Å². The maximum absolute atomic E-state index is 12.9. The van der Waals surface area contributed by atoms with E-state index in [2.05, 4.69) is 22.1 Å². The van der Waals surface area contributed by atoms with Gasteiger partial charge in [-0.3, -0.25) is 14.9 Å². The first kappa shape index (κ1) is 21.7. The summed E-state index contributed by atoms with van der Waals surface area (Å²) in [5.74, 6) is 1.69. The Morgan fingerprint density at radius 3 is 2.87 bits per heavy atom. The van der Waals surface area contributed by atoms with Crippen LogP contribution in [0.3, 0.4) is 0 Å². The molecule has 168 valence electrons. The molecule has 31 heavy (non-hydrogen) atoms. The summed E-state index contributed by atoms with van der Waals surface area (Å²) in [5, 5.41) is 2.78. The molecule has 7 heteroatoms. The highest BCUT2D eigenvalue weighted by Gasteiger charge is 2.29. The fourth-order valence-corrected chi connectivity index (χ4v) is 4.72. The standard InChI is InChI=1S/C24H34N4O3/c1-2-3-13-28(19-8-5-4-6-9-19)23(30)10-7-14-31-20-11-12-21-18(15-20)16-27-17-22(29)26-24(27)25-21/h11-12,15,19H,2-10,13-14,16-17H2,1H3,(H,25,26,29). The van der Waals surface area contributed by atoms with Gasteiger partial charge in [-0.2, -0.15) is 0 Å². The molecule has 0 unspecified atom stereocenters. The maximum atomic E-state index is 12.9. The van der Waals surface area contributed by atoms with E-state index in [0.29, 0.717) is 38.1 Å². The second-order valence-electron chi connectivity index (χ2n) is 8.81. The van der Waals surface area contributed by atoms with Crippen LogP contribution in [0.4, 0.5) is 5.69 Å². The van der Waals surface area contributed by atoms with Gasteiger partial charge in [0.15, 0.2) is 0 Å². The Morgan fingerprint density at radius 2 is 2.06 bits per heavy atom. The van der Waals surface area contributed by atoms with Gasteiger partial charge in [0.05, 0.1) is 12.3 Å². The number of benzene rings is 1. The molecular weight excluding hydrogens is 392 g/mol. The first-order chi connectivity index (χ1) is 15.1. The van der Waals surface area contributed by atoms with Crippen molar-refractivity contribution < 1.29 is 14.3 Å². The summed E-state index contributed by atoms with van der Waals surface area (Å²) in [5.41, 5.74) is 1.92. The molecule has 2 heterocycles. The van der Waals surface area contributed by atoms with E-state index in [1.54, 1.807) is 0 Å². The summed E-state index contributed by atoms with van der Waals surface area (Å²) in [6.45, 7) is 4.59. The van der Waals surface area contributed by atoms with Gasteiger partial charge < -0.3 is 14.5 Å². The number of aliphatic imine (C=N–C) groups is 1. The lowest BCUT2D eigenvalue weighted by atomic mass is 9.93. The van der Waals surface area contributed by atoms with Gasteiger partial charge in [-0.25, -0.2) is 4.99 Å². The van der Waals surface area contributed by atoms with Gasteiger partial charge in [0, 0.05) is 31.1 Å². The zero-order valence-electron chi connectivity index (χ0n) is 18.6. The molecule has 1 aromatic carbocycles. The zero-order chi connectivity index (χ0) is 21.6. The largest absolute Gasteiger partial charge is 0.494 e. The lowest BCUT2D eigenvalue weighted by Crippen LogP contribution is -2.42. The van der Waals surface area contributed by atoms with Gasteiger partial charge in [0.25, 0.3) is 0 Å². The van der Waals surface area contributed by atoms with Gasteiger partial charge in [0.2, 0.25) is 17.8 Å². The van der Waals surface area contributed by atoms with Gasteiger partial charge in [-0.1, -0.05) is 32.6 Å². The van der Waals surface area contributed by atoms with Gasteiger partial charge in [0.1, 0.15) is 12.3 Å². The molecule has 4 rings (SSSR count). The predicted octanol–water partition coefficient (Wildman–Crippen LogP) is 3.74. The molecule has 3 aliphatic rings. The summed E-state index contributed by atoms with van der Waals surface area (Å²) in [4.78, 5) is 33.1. The Hall–Kier alpha value is -2.57. The van der Waals surface area contributed by atoms with Gasteiger partial charge in [-0.15, -0.1) is 0 Å². The van der Waals surface area contributed by atoms with Crippen molar-refractivity contribution in [3.8, 4) is 5.75 Å². The lowest BCUT2D eigenvalue weighted by molar-refractivity contribution is -0.134. The molecule has 1 saturated carbocycles. The van der Waals surface area contributed by atoms with Crippen molar-refractivity contribution in [3.63, 3.8) is 0 Å². The Labute approximate surface area is 184 Å². The smallest absolute Gasteiger partial charge is 0.246 e. The third-order valence-corrected chi connectivity index (χ3v) is 6.42. The van der Waals surface area contributed by atoms with Crippen LogP contribution in [0, 0.1) is 0 Å². The van der Waals surface area contributed by atoms with Crippen LogP contribution in [0.25, 0.3) is 0 Å². The van der Waals surface area contributed by atoms with Crippen molar-refractivity contribution >= 4 is 23.5 Å². The van der Waals surface area contributed by atoms with Crippen molar-refractivity contribution in [2.75, 3.05) is 19.7 Å². The van der Waals surface area contributed by atoms with Crippen molar-refractivity contribution in [3.05, 3.63) is 23.8 Å². The minimum atomic E-state index is -0.0195. The Morgan fingerprint density at radius 1 is 1.23 bits per heavy atom. The Balaban J connectivity index is 1.26. The first-order valence-corrected chi connectivity index (χ1v) is 11.8. The molecule has 0 aromatic heterocycles. The second-order valence-corrected chi connectivity index (χ2v) is 8.81. The average Bonchev–Trinajstić information content (AvgIpc) is 3.14. The fraction of sp³-hybridized carbons (Fsp3) is 0.625. The molecule has 1 saturated heterocycles. The molecule has 1 N–H and O–H groups in total. The quantitative estimate of drug-likeness (QED) is 0.611. The van der Waals surface area contributed by atoms with Crippen molar-refractivity contribution in [1.82, 2.24) is 15.1 Å². The maximum Gasteiger partial charge on any atom is 0.246 e. The minimum Gasteiger partial charge on any atom is -0.494 e. The molecule has 2 aliphatic heterocycles. The summed E-state index contributed by atoms with van der Waals surface area (Å²) in [6.07, 6.45) is 9.56. The molecule has 7 nitrogen and oxygen atoms in total. The summed E-state index contributed by atoms with van der Waals surface area (Å²) in [6, 6.07) is 6.27. The number of ether oxygens (including phenoxy) is 1. The second kappa shape index (κ2) is 10.2. The van der Waals surface area contributed by atoms with E-state index in [4.69, 9.17) is 4.74 Å². The van der Waals surface area contributed by atoms with Crippen LogP contribution in [-0.2, 0) is 16.1 Å². The molecule has 2 amide bonds. The molecular formula is C24H34N4O3. The number of hydrogen-bond acceptors (Lipinski definition) is 5. The van der Waals surface area contributed by atoms with E-state index >= 15 is 0 Å². The molecule has 0 spiro atoms. The average molecular weight is 427 g/mol. The lowest BCUT2D eigenvalue weighted by Gasteiger charge is -2.34. The van der Waals surface area contributed by atoms with E-state index in [1.165, 1.54) is 19.3 Å². The Bertz CT molecular complexity index is 832. The number of hydrogen-bond donors (Lipinski definition) is 1. The van der Waals surface area contributed by atoms with E-state index in [9.17, 15) is 9.59 Å². The molecule has 2 fully saturated rings. The van der Waals surface area contributed by atoms with Crippen LogP contribution in [0.1, 0.15) is 70.3 Å². The topological polar surface area (TPSA) is 74.2 Å². The van der Waals surface area contributed by atoms with Crippen LogP contribution in [0.5, 0.6) is 5.75 Å². The summed E-state index contributed by atoms with van der Waals surface area (Å²) in [7, 11) is 0. The number of nitrogens with one attached hydrogen (secondary N) is 1. The number of nitrogens with zero attached hydrogens (tertiary/aromatic N) is 3. The Kier molecular flexibility index (Phi) is 7.10. The highest BCUT2D eigenvalue weighted by molar-refractivity contribution is 6.05. The summed E-state index contributed by atoms with van der Waals surface area (Å²) >= 11 is 0. The SMILES string of the molecule is CCCCN(C(=O)CCCOc1ccc2c(c1)CN1CC(=O)NC1=N2)C1CCCCC1. The predicted molar refractivity (Wildman–Crippen MR) is 120 cm³/mol. The number of rotatable bonds is 9. The van der Waals surface area contributed by atoms with Crippen molar-refractivity contribution in [1.29, 1.82) is 0 Å². The van der Waals surface area contributed by atoms with E-state index < -0.39 is 0 Å². The molecule has 0 radical (unpaired) electrons. The number of amides is 2. The van der Waals surface area contributed by atoms with Crippen LogP contribution in [-0.4, -0.2) is 53.3 Å². The number of fused-ring (bicyclic) bond motifs is 2. The van der Waals surface area contributed by atoms with Crippen LogP contribution < -0.4 is 10.1 Å². The number of guanidine groups is 1. The zero-order valence-corrected chi connectivity index (χ0v) is 18.6. The van der Waals surface area contributed by atoms with E-state index in [1.807, 2.05) is 23.1 Å². The minimum absolute atomic E-state index is 0.0195. The first-order valence-electron chi connectivity index (χ1n) is 11.8.